The molecule has 0 aliphatic carbocycles. The van der Waals surface area contributed by atoms with Crippen LogP contribution in [-0.2, 0) is 16.1 Å². The fourth-order valence-corrected chi connectivity index (χ4v) is 3.19. The van der Waals surface area contributed by atoms with Gasteiger partial charge in [-0.15, -0.1) is 0 Å². The quantitative estimate of drug-likeness (QED) is 0.625. The van der Waals surface area contributed by atoms with Crippen molar-refractivity contribution in [3.63, 3.8) is 0 Å². The van der Waals surface area contributed by atoms with Gasteiger partial charge in [0.25, 0.3) is 0 Å². The number of amides is 2. The van der Waals surface area contributed by atoms with Crippen molar-refractivity contribution in [1.29, 1.82) is 0 Å². The van der Waals surface area contributed by atoms with E-state index in [4.69, 9.17) is 16.3 Å². The van der Waals surface area contributed by atoms with Gasteiger partial charge in [0.05, 0.1) is 19.6 Å². The molecule has 7 heteroatoms. The number of methoxy groups -OCH3 is 1. The third-order valence-corrected chi connectivity index (χ3v) is 4.98. The number of hydrogen-bond donors (Lipinski definition) is 1. The number of carbonyl (C=O) groups is 2. The van der Waals surface area contributed by atoms with Crippen LogP contribution in [-0.4, -0.2) is 55.9 Å². The van der Waals surface area contributed by atoms with E-state index in [9.17, 15) is 9.59 Å². The minimum absolute atomic E-state index is 0.0265. The van der Waals surface area contributed by atoms with Crippen molar-refractivity contribution in [2.24, 2.45) is 0 Å². The van der Waals surface area contributed by atoms with E-state index in [2.05, 4.69) is 5.32 Å². The molecule has 2 aromatic rings. The molecule has 1 atom stereocenters. The van der Waals surface area contributed by atoms with Crippen LogP contribution in [0, 0.1) is 0 Å². The number of likely N-dealkylation sites (N-methyl/N-ethyl adjacent to an activating group) is 1. The number of nitrogens with zero attached hydrogens (tertiary/aromatic N) is 2. The van der Waals surface area contributed by atoms with Gasteiger partial charge in [-0.1, -0.05) is 35.9 Å². The molecular weight excluding hydrogens is 402 g/mol. The Balaban J connectivity index is 2.18. The molecule has 162 valence electrons. The highest BCUT2D eigenvalue weighted by molar-refractivity contribution is 6.30. The molecule has 1 unspecified atom stereocenters. The van der Waals surface area contributed by atoms with E-state index in [-0.39, 0.29) is 18.2 Å². The lowest BCUT2D eigenvalue weighted by atomic mass is 10.0. The second-order valence-electron chi connectivity index (χ2n) is 7.48. The van der Waals surface area contributed by atoms with Gasteiger partial charge in [-0.05, 0) is 49.5 Å². The molecule has 2 amide bonds. The van der Waals surface area contributed by atoms with E-state index in [1.165, 1.54) is 6.92 Å². The van der Waals surface area contributed by atoms with Crippen LogP contribution in [0.2, 0.25) is 5.02 Å². The fourth-order valence-electron chi connectivity index (χ4n) is 3.06. The summed E-state index contributed by atoms with van der Waals surface area (Å²) < 4.78 is 5.20. The van der Waals surface area contributed by atoms with Crippen molar-refractivity contribution in [3.05, 3.63) is 64.7 Å². The van der Waals surface area contributed by atoms with E-state index in [0.717, 1.165) is 23.4 Å². The molecule has 0 fully saturated rings. The lowest BCUT2D eigenvalue weighted by Gasteiger charge is -2.27. The molecule has 0 saturated heterocycles. The van der Waals surface area contributed by atoms with Gasteiger partial charge in [0.2, 0.25) is 11.8 Å². The Bertz CT molecular complexity index is 823. The van der Waals surface area contributed by atoms with Gasteiger partial charge in [0.1, 0.15) is 5.75 Å². The standard InChI is InChI=1S/C23H30ClN3O3/c1-17(28)25-22(19-7-11-21(30-4)12-8-19)15-23(29)27(14-13-26(2)3)16-18-5-9-20(24)10-6-18/h5-12,22H,13-16H2,1-4H3,(H,25,28). The topological polar surface area (TPSA) is 61.9 Å². The number of benzene rings is 2. The molecule has 0 aliphatic heterocycles. The number of nitrogens with one attached hydrogen (secondary N) is 1. The van der Waals surface area contributed by atoms with Gasteiger partial charge < -0.3 is 19.9 Å². The average Bonchev–Trinajstić information content (AvgIpc) is 2.71. The SMILES string of the molecule is COc1ccc(C(CC(=O)N(CCN(C)C)Cc2ccc(Cl)cc2)NC(C)=O)cc1. The molecule has 2 rings (SSSR count). The first-order chi connectivity index (χ1) is 14.3. The summed E-state index contributed by atoms with van der Waals surface area (Å²) in [6, 6.07) is 14.5. The maximum atomic E-state index is 13.2. The predicted octanol–water partition coefficient (Wildman–Crippen LogP) is 3.51. The van der Waals surface area contributed by atoms with Crippen molar-refractivity contribution >= 4 is 23.4 Å². The molecule has 0 aromatic heterocycles. The maximum absolute atomic E-state index is 13.2. The molecule has 2 aromatic carbocycles. The molecule has 0 saturated carbocycles. The molecule has 0 radical (unpaired) electrons. The van der Waals surface area contributed by atoms with E-state index in [0.29, 0.717) is 18.1 Å². The Morgan fingerprint density at radius 1 is 1.03 bits per heavy atom. The van der Waals surface area contributed by atoms with Crippen molar-refractivity contribution in [3.8, 4) is 5.75 Å². The van der Waals surface area contributed by atoms with Gasteiger partial charge in [0, 0.05) is 31.6 Å². The minimum Gasteiger partial charge on any atom is -0.497 e. The van der Waals surface area contributed by atoms with E-state index >= 15 is 0 Å². The molecule has 30 heavy (non-hydrogen) atoms. The van der Waals surface area contributed by atoms with Crippen molar-refractivity contribution in [2.75, 3.05) is 34.3 Å². The molecule has 6 nitrogen and oxygen atoms in total. The molecule has 0 heterocycles. The minimum atomic E-state index is -0.409. The number of ether oxygens (including phenoxy) is 1. The van der Waals surface area contributed by atoms with E-state index in [1.54, 1.807) is 7.11 Å². The zero-order valence-corrected chi connectivity index (χ0v) is 18.8. The number of halogens is 1. The maximum Gasteiger partial charge on any atom is 0.225 e. The Hall–Kier alpha value is -2.57. The zero-order valence-electron chi connectivity index (χ0n) is 18.0. The summed E-state index contributed by atoms with van der Waals surface area (Å²) >= 11 is 5.98. The van der Waals surface area contributed by atoms with Gasteiger partial charge in [-0.3, -0.25) is 9.59 Å². The number of rotatable bonds is 10. The summed E-state index contributed by atoms with van der Waals surface area (Å²) in [5, 5.41) is 3.56. The number of carbonyl (C=O) groups excluding carboxylic acids is 2. The summed E-state index contributed by atoms with van der Waals surface area (Å²) in [4.78, 5) is 28.8. The van der Waals surface area contributed by atoms with Crippen LogP contribution >= 0.6 is 11.6 Å². The normalized spacial score (nSPS) is 11.8. The molecule has 1 N–H and O–H groups in total. The summed E-state index contributed by atoms with van der Waals surface area (Å²) in [6.45, 7) is 3.27. The molecule has 0 spiro atoms. The van der Waals surface area contributed by atoms with Crippen LogP contribution in [0.3, 0.4) is 0 Å². The number of hydrogen-bond acceptors (Lipinski definition) is 4. The van der Waals surface area contributed by atoms with Crippen LogP contribution in [0.5, 0.6) is 5.75 Å². The van der Waals surface area contributed by atoms with E-state index in [1.807, 2.05) is 72.4 Å². The summed E-state index contributed by atoms with van der Waals surface area (Å²) in [7, 11) is 5.55. The highest BCUT2D eigenvalue weighted by Gasteiger charge is 2.22. The smallest absolute Gasteiger partial charge is 0.225 e. The fraction of sp³-hybridized carbons (Fsp3) is 0.391. The molecule has 0 aliphatic rings. The predicted molar refractivity (Wildman–Crippen MR) is 120 cm³/mol. The second-order valence-corrected chi connectivity index (χ2v) is 7.91. The van der Waals surface area contributed by atoms with Gasteiger partial charge in [0.15, 0.2) is 0 Å². The first-order valence-electron chi connectivity index (χ1n) is 9.86. The zero-order chi connectivity index (χ0) is 22.1. The Morgan fingerprint density at radius 2 is 1.67 bits per heavy atom. The largest absolute Gasteiger partial charge is 0.497 e. The lowest BCUT2D eigenvalue weighted by molar-refractivity contribution is -0.132. The van der Waals surface area contributed by atoms with Crippen molar-refractivity contribution < 1.29 is 14.3 Å². The lowest BCUT2D eigenvalue weighted by Crippen LogP contribution is -2.39. The highest BCUT2D eigenvalue weighted by Crippen LogP contribution is 2.22. The van der Waals surface area contributed by atoms with Crippen LogP contribution in [0.25, 0.3) is 0 Å². The first-order valence-corrected chi connectivity index (χ1v) is 10.2. The summed E-state index contributed by atoms with van der Waals surface area (Å²) in [5.74, 6) is 0.518. The Labute approximate surface area is 183 Å². The van der Waals surface area contributed by atoms with E-state index < -0.39 is 6.04 Å². The van der Waals surface area contributed by atoms with Crippen molar-refractivity contribution in [1.82, 2.24) is 15.1 Å². The van der Waals surface area contributed by atoms with Gasteiger partial charge >= 0.3 is 0 Å². The average molecular weight is 432 g/mol. The highest BCUT2D eigenvalue weighted by atomic mass is 35.5. The Morgan fingerprint density at radius 3 is 2.20 bits per heavy atom. The third kappa shape index (κ3) is 7.69. The van der Waals surface area contributed by atoms with Gasteiger partial charge in [-0.25, -0.2) is 0 Å². The van der Waals surface area contributed by atoms with Crippen LogP contribution in [0.4, 0.5) is 0 Å². The molecular formula is C23H30ClN3O3. The van der Waals surface area contributed by atoms with Crippen LogP contribution in [0.15, 0.2) is 48.5 Å². The molecule has 0 bridgehead atoms. The second kappa shape index (κ2) is 11.6. The van der Waals surface area contributed by atoms with Crippen molar-refractivity contribution in [2.45, 2.75) is 25.9 Å². The first kappa shape index (κ1) is 23.7. The summed E-state index contributed by atoms with van der Waals surface area (Å²) in [5.41, 5.74) is 1.87. The van der Waals surface area contributed by atoms with Crippen LogP contribution in [0.1, 0.15) is 30.5 Å². The van der Waals surface area contributed by atoms with Crippen LogP contribution < -0.4 is 10.1 Å². The Kier molecular flexibility index (Phi) is 9.15. The van der Waals surface area contributed by atoms with Gasteiger partial charge in [-0.2, -0.15) is 0 Å². The third-order valence-electron chi connectivity index (χ3n) is 4.73. The monoisotopic (exact) mass is 431 g/mol. The summed E-state index contributed by atoms with van der Waals surface area (Å²) in [6.07, 6.45) is 0.174.